The number of hydrogen-bond donors (Lipinski definition) is 2. The highest BCUT2D eigenvalue weighted by molar-refractivity contribution is 6.35. The first-order chi connectivity index (χ1) is 14.0. The topological polar surface area (TPSA) is 93.7 Å². The lowest BCUT2D eigenvalue weighted by atomic mass is 10.1. The molecule has 3 aromatic carbocycles. The van der Waals surface area contributed by atoms with E-state index in [-0.39, 0.29) is 6.61 Å². The second kappa shape index (κ2) is 9.57. The lowest BCUT2D eigenvalue weighted by Crippen LogP contribution is -2.43. The maximum Gasteiger partial charge on any atom is 0.344 e. The Morgan fingerprint density at radius 3 is 2.24 bits per heavy atom. The zero-order valence-electron chi connectivity index (χ0n) is 15.2. The molecule has 0 aliphatic carbocycles. The number of rotatable bonds is 6. The number of nitrogens with one attached hydrogen (secondary N) is 2. The third-order valence-corrected chi connectivity index (χ3v) is 4.22. The van der Waals surface area contributed by atoms with E-state index in [0.717, 1.165) is 10.8 Å². The van der Waals surface area contributed by atoms with Gasteiger partial charge in [0.25, 0.3) is 11.8 Å². The van der Waals surface area contributed by atoms with E-state index in [1.54, 1.807) is 42.5 Å². The third kappa shape index (κ3) is 5.46. The van der Waals surface area contributed by atoms with Crippen molar-refractivity contribution in [3.63, 3.8) is 0 Å². The zero-order valence-corrected chi connectivity index (χ0v) is 15.9. The summed E-state index contributed by atoms with van der Waals surface area (Å²) in [6, 6.07) is 19.0. The molecule has 3 rings (SSSR count). The first-order valence-electron chi connectivity index (χ1n) is 8.64. The van der Waals surface area contributed by atoms with Gasteiger partial charge in [-0.25, -0.2) is 4.79 Å². The summed E-state index contributed by atoms with van der Waals surface area (Å²) in [5, 5.41) is 2.13. The van der Waals surface area contributed by atoms with E-state index in [1.165, 1.54) is 0 Å². The van der Waals surface area contributed by atoms with Crippen LogP contribution < -0.4 is 15.6 Å². The van der Waals surface area contributed by atoms with Crippen LogP contribution in [0.3, 0.4) is 0 Å². The fourth-order valence-electron chi connectivity index (χ4n) is 2.51. The minimum absolute atomic E-state index is 0.380. The smallest absolute Gasteiger partial charge is 0.344 e. The second-order valence-corrected chi connectivity index (χ2v) is 6.32. The summed E-state index contributed by atoms with van der Waals surface area (Å²) in [5.41, 5.74) is 4.78. The molecule has 0 saturated carbocycles. The second-order valence-electron chi connectivity index (χ2n) is 5.91. The van der Waals surface area contributed by atoms with Gasteiger partial charge in [-0.2, -0.15) is 0 Å². The summed E-state index contributed by atoms with van der Waals surface area (Å²) < 4.78 is 10.3. The van der Waals surface area contributed by atoms with Crippen LogP contribution in [0.5, 0.6) is 5.75 Å². The van der Waals surface area contributed by atoms with Gasteiger partial charge < -0.3 is 9.47 Å². The third-order valence-electron chi connectivity index (χ3n) is 3.89. The standard InChI is InChI=1S/C21H17ClN2O5/c22-17-10-11-18(16-9-5-4-8-15(16)17)28-13-20(26)29-12-19(25)23-24-21(27)14-6-2-1-3-7-14/h1-11H,12-13H2,(H,23,25)(H,24,27). The fourth-order valence-corrected chi connectivity index (χ4v) is 2.74. The lowest BCUT2D eigenvalue weighted by molar-refractivity contribution is -0.150. The molecule has 8 heteroatoms. The molecule has 2 amide bonds. The summed E-state index contributed by atoms with van der Waals surface area (Å²) in [4.78, 5) is 35.4. The number of carbonyl (C=O) groups is 3. The molecular formula is C21H17ClN2O5. The van der Waals surface area contributed by atoms with Crippen molar-refractivity contribution in [2.24, 2.45) is 0 Å². The molecule has 29 heavy (non-hydrogen) atoms. The maximum absolute atomic E-state index is 11.8. The lowest BCUT2D eigenvalue weighted by Gasteiger charge is -2.11. The molecule has 2 N–H and O–H groups in total. The Balaban J connectivity index is 1.44. The summed E-state index contributed by atoms with van der Waals surface area (Å²) in [7, 11) is 0. The number of amides is 2. The quantitative estimate of drug-likeness (QED) is 0.479. The molecule has 3 aromatic rings. The molecule has 0 aliphatic heterocycles. The summed E-state index contributed by atoms with van der Waals surface area (Å²) >= 11 is 6.15. The van der Waals surface area contributed by atoms with Crippen molar-refractivity contribution >= 4 is 40.2 Å². The van der Waals surface area contributed by atoms with Crippen LogP contribution in [-0.4, -0.2) is 31.0 Å². The van der Waals surface area contributed by atoms with Gasteiger partial charge >= 0.3 is 5.97 Å². The Morgan fingerprint density at radius 2 is 1.48 bits per heavy atom. The molecule has 7 nitrogen and oxygen atoms in total. The van der Waals surface area contributed by atoms with E-state index in [1.807, 2.05) is 24.3 Å². The summed E-state index contributed by atoms with van der Waals surface area (Å²) in [6.07, 6.45) is 0. The van der Waals surface area contributed by atoms with Crippen LogP contribution in [0.4, 0.5) is 0 Å². The minimum Gasteiger partial charge on any atom is -0.481 e. The van der Waals surface area contributed by atoms with Gasteiger partial charge in [-0.15, -0.1) is 0 Å². The number of halogens is 1. The molecule has 148 valence electrons. The number of hydrogen-bond acceptors (Lipinski definition) is 5. The molecule has 0 heterocycles. The Kier molecular flexibility index (Phi) is 6.65. The van der Waals surface area contributed by atoms with E-state index in [0.29, 0.717) is 16.3 Å². The van der Waals surface area contributed by atoms with Crippen LogP contribution >= 0.6 is 11.6 Å². The Labute approximate surface area is 171 Å². The predicted octanol–water partition coefficient (Wildman–Crippen LogP) is 2.88. The van der Waals surface area contributed by atoms with Gasteiger partial charge in [0.05, 0.1) is 0 Å². The molecule has 0 spiro atoms. The number of esters is 1. The van der Waals surface area contributed by atoms with Gasteiger partial charge in [-0.1, -0.05) is 54.1 Å². The van der Waals surface area contributed by atoms with Crippen LogP contribution in [0.2, 0.25) is 5.02 Å². The Hall–Kier alpha value is -3.58. The van der Waals surface area contributed by atoms with Gasteiger partial charge in [-0.3, -0.25) is 20.4 Å². The van der Waals surface area contributed by atoms with Crippen molar-refractivity contribution in [2.45, 2.75) is 0 Å². The first kappa shape index (κ1) is 20.2. The zero-order chi connectivity index (χ0) is 20.6. The van der Waals surface area contributed by atoms with Crippen molar-refractivity contribution in [3.05, 3.63) is 77.3 Å². The highest BCUT2D eigenvalue weighted by Crippen LogP contribution is 2.31. The highest BCUT2D eigenvalue weighted by atomic mass is 35.5. The van der Waals surface area contributed by atoms with Crippen LogP contribution in [0.15, 0.2) is 66.7 Å². The van der Waals surface area contributed by atoms with Gasteiger partial charge in [0.15, 0.2) is 13.2 Å². The Morgan fingerprint density at radius 1 is 0.793 bits per heavy atom. The van der Waals surface area contributed by atoms with E-state index >= 15 is 0 Å². The van der Waals surface area contributed by atoms with Crippen LogP contribution in [0, 0.1) is 0 Å². The molecule has 0 saturated heterocycles. The molecule has 0 radical (unpaired) electrons. The maximum atomic E-state index is 11.8. The number of fused-ring (bicyclic) bond motifs is 1. The molecule has 0 atom stereocenters. The molecular weight excluding hydrogens is 396 g/mol. The van der Waals surface area contributed by atoms with Crippen LogP contribution in [0.1, 0.15) is 10.4 Å². The first-order valence-corrected chi connectivity index (χ1v) is 9.02. The average molecular weight is 413 g/mol. The average Bonchev–Trinajstić information content (AvgIpc) is 2.76. The van der Waals surface area contributed by atoms with Crippen LogP contribution in [0.25, 0.3) is 10.8 Å². The molecule has 0 fully saturated rings. The monoisotopic (exact) mass is 412 g/mol. The SMILES string of the molecule is O=C(COC(=O)COc1ccc(Cl)c2ccccc12)NNC(=O)c1ccccc1. The van der Waals surface area contributed by atoms with Crippen molar-refractivity contribution in [1.82, 2.24) is 10.9 Å². The van der Waals surface area contributed by atoms with Crippen LogP contribution in [-0.2, 0) is 14.3 Å². The molecule has 0 bridgehead atoms. The van der Waals surface area contributed by atoms with Gasteiger partial charge in [0, 0.05) is 21.4 Å². The van der Waals surface area contributed by atoms with Gasteiger partial charge in [-0.05, 0) is 24.3 Å². The fraction of sp³-hybridized carbons (Fsp3) is 0.0952. The Bertz CT molecular complexity index is 1040. The van der Waals surface area contributed by atoms with Crippen molar-refractivity contribution in [3.8, 4) is 5.75 Å². The van der Waals surface area contributed by atoms with E-state index in [9.17, 15) is 14.4 Å². The molecule has 0 aromatic heterocycles. The van der Waals surface area contributed by atoms with Crippen molar-refractivity contribution in [2.75, 3.05) is 13.2 Å². The number of benzene rings is 3. The van der Waals surface area contributed by atoms with E-state index < -0.39 is 24.4 Å². The number of ether oxygens (including phenoxy) is 2. The van der Waals surface area contributed by atoms with Gasteiger partial charge in [0.2, 0.25) is 0 Å². The number of carbonyl (C=O) groups excluding carboxylic acids is 3. The highest BCUT2D eigenvalue weighted by Gasteiger charge is 2.12. The normalized spacial score (nSPS) is 10.2. The summed E-state index contributed by atoms with van der Waals surface area (Å²) in [5.74, 6) is -1.42. The molecule has 0 aliphatic rings. The molecule has 0 unspecified atom stereocenters. The van der Waals surface area contributed by atoms with E-state index in [2.05, 4.69) is 10.9 Å². The minimum atomic E-state index is -0.728. The van der Waals surface area contributed by atoms with Gasteiger partial charge in [0.1, 0.15) is 5.75 Å². The van der Waals surface area contributed by atoms with Crippen molar-refractivity contribution < 1.29 is 23.9 Å². The van der Waals surface area contributed by atoms with Crippen molar-refractivity contribution in [1.29, 1.82) is 0 Å². The predicted molar refractivity (Wildman–Crippen MR) is 107 cm³/mol. The van der Waals surface area contributed by atoms with E-state index in [4.69, 9.17) is 21.1 Å². The largest absolute Gasteiger partial charge is 0.481 e. The summed E-state index contributed by atoms with van der Waals surface area (Å²) in [6.45, 7) is -0.937. The number of hydrazine groups is 1.